The number of benzene rings is 1. The molecular weight excluding hydrogens is 232 g/mol. The highest BCUT2D eigenvalue weighted by molar-refractivity contribution is 6.02. The molecule has 2 N–H and O–H groups in total. The van der Waals surface area contributed by atoms with Crippen molar-refractivity contribution in [2.75, 3.05) is 24.6 Å². The molecule has 18 heavy (non-hydrogen) atoms. The van der Waals surface area contributed by atoms with Gasteiger partial charge in [-0.2, -0.15) is 0 Å². The number of hydrogen-bond acceptors (Lipinski definition) is 4. The van der Waals surface area contributed by atoms with E-state index in [1.807, 2.05) is 31.2 Å². The van der Waals surface area contributed by atoms with Crippen molar-refractivity contribution in [2.24, 2.45) is 0 Å². The Kier molecular flexibility index (Phi) is 3.62. The van der Waals surface area contributed by atoms with Crippen LogP contribution >= 0.6 is 0 Å². The second-order valence-electron chi connectivity index (χ2n) is 4.47. The van der Waals surface area contributed by atoms with E-state index in [9.17, 15) is 14.7 Å². The van der Waals surface area contributed by atoms with Crippen LogP contribution in [0, 0.1) is 0 Å². The standard InChI is InChI=1S/C13H16N2O3/c1-9(8-16)10-4-2-3-5-11(10)15-6-12(17)14-13(18)7-15/h2-5,9,16H,6-8H2,1H3,(H,14,17,18). The van der Waals surface area contributed by atoms with Gasteiger partial charge in [-0.1, -0.05) is 25.1 Å². The molecule has 5 nitrogen and oxygen atoms in total. The number of anilines is 1. The summed E-state index contributed by atoms with van der Waals surface area (Å²) in [4.78, 5) is 24.5. The Labute approximate surface area is 105 Å². The quantitative estimate of drug-likeness (QED) is 0.752. The van der Waals surface area contributed by atoms with E-state index in [2.05, 4.69) is 5.32 Å². The summed E-state index contributed by atoms with van der Waals surface area (Å²) in [5, 5.41) is 11.5. The van der Waals surface area contributed by atoms with Gasteiger partial charge in [-0.25, -0.2) is 0 Å². The average Bonchev–Trinajstić information content (AvgIpc) is 2.36. The smallest absolute Gasteiger partial charge is 0.246 e. The number of imide groups is 1. The monoisotopic (exact) mass is 248 g/mol. The SMILES string of the molecule is CC(CO)c1ccccc1N1CC(=O)NC(=O)C1. The van der Waals surface area contributed by atoms with E-state index in [4.69, 9.17) is 0 Å². The zero-order chi connectivity index (χ0) is 13.1. The fraction of sp³-hybridized carbons (Fsp3) is 0.385. The molecule has 96 valence electrons. The highest BCUT2D eigenvalue weighted by Gasteiger charge is 2.24. The third kappa shape index (κ3) is 2.51. The molecule has 1 aromatic carbocycles. The van der Waals surface area contributed by atoms with Gasteiger partial charge in [-0.15, -0.1) is 0 Å². The number of piperazine rings is 1. The Morgan fingerprint density at radius 3 is 2.50 bits per heavy atom. The lowest BCUT2D eigenvalue weighted by Gasteiger charge is -2.30. The molecule has 0 aliphatic carbocycles. The molecule has 0 saturated carbocycles. The third-order valence-electron chi connectivity index (χ3n) is 3.03. The largest absolute Gasteiger partial charge is 0.396 e. The number of rotatable bonds is 3. The number of carbonyl (C=O) groups is 2. The molecule has 2 amide bonds. The van der Waals surface area contributed by atoms with Gasteiger partial charge in [-0.05, 0) is 11.6 Å². The van der Waals surface area contributed by atoms with Gasteiger partial charge in [0.1, 0.15) is 0 Å². The van der Waals surface area contributed by atoms with Crippen LogP contribution in [0.3, 0.4) is 0 Å². The first-order valence-corrected chi connectivity index (χ1v) is 5.89. The summed E-state index contributed by atoms with van der Waals surface area (Å²) in [6.45, 7) is 2.28. The number of nitrogens with one attached hydrogen (secondary N) is 1. The minimum atomic E-state index is -0.294. The molecular formula is C13H16N2O3. The molecule has 1 atom stereocenters. The number of aliphatic hydroxyl groups excluding tert-OH is 1. The normalized spacial score (nSPS) is 17.6. The summed E-state index contributed by atoms with van der Waals surface area (Å²) in [5.41, 5.74) is 1.78. The topological polar surface area (TPSA) is 69.6 Å². The highest BCUT2D eigenvalue weighted by Crippen LogP contribution is 2.27. The Morgan fingerprint density at radius 2 is 1.89 bits per heavy atom. The number of aliphatic hydroxyl groups is 1. The van der Waals surface area contributed by atoms with Gasteiger partial charge < -0.3 is 10.0 Å². The van der Waals surface area contributed by atoms with Gasteiger partial charge in [-0.3, -0.25) is 14.9 Å². The van der Waals surface area contributed by atoms with Crippen molar-refractivity contribution in [1.82, 2.24) is 5.32 Å². The van der Waals surface area contributed by atoms with E-state index < -0.39 is 0 Å². The summed E-state index contributed by atoms with van der Waals surface area (Å²) in [5.74, 6) is -0.614. The number of para-hydroxylation sites is 1. The minimum Gasteiger partial charge on any atom is -0.396 e. The van der Waals surface area contributed by atoms with E-state index in [-0.39, 0.29) is 37.4 Å². The van der Waals surface area contributed by atoms with Gasteiger partial charge in [0.15, 0.2) is 0 Å². The first-order valence-electron chi connectivity index (χ1n) is 5.89. The lowest BCUT2D eigenvalue weighted by atomic mass is 9.99. The van der Waals surface area contributed by atoms with Crippen LogP contribution in [0.1, 0.15) is 18.4 Å². The van der Waals surface area contributed by atoms with E-state index in [1.165, 1.54) is 0 Å². The zero-order valence-corrected chi connectivity index (χ0v) is 10.2. The van der Waals surface area contributed by atoms with Crippen molar-refractivity contribution < 1.29 is 14.7 Å². The van der Waals surface area contributed by atoms with Crippen molar-refractivity contribution in [2.45, 2.75) is 12.8 Å². The molecule has 1 aliphatic heterocycles. The van der Waals surface area contributed by atoms with Crippen molar-refractivity contribution in [3.63, 3.8) is 0 Å². The summed E-state index contributed by atoms with van der Waals surface area (Å²) < 4.78 is 0. The molecule has 2 rings (SSSR count). The van der Waals surface area contributed by atoms with Crippen LogP contribution in [-0.4, -0.2) is 36.6 Å². The molecule has 0 spiro atoms. The molecule has 5 heteroatoms. The van der Waals surface area contributed by atoms with Gasteiger partial charge in [0.2, 0.25) is 11.8 Å². The van der Waals surface area contributed by atoms with E-state index >= 15 is 0 Å². The Bertz CT molecular complexity index is 457. The summed E-state index contributed by atoms with van der Waals surface area (Å²) in [6, 6.07) is 7.53. The average molecular weight is 248 g/mol. The maximum atomic E-state index is 11.4. The van der Waals surface area contributed by atoms with Crippen molar-refractivity contribution >= 4 is 17.5 Å². The lowest BCUT2D eigenvalue weighted by Crippen LogP contribution is -2.51. The number of carbonyl (C=O) groups excluding carboxylic acids is 2. The molecule has 0 aromatic heterocycles. The fourth-order valence-electron chi connectivity index (χ4n) is 2.10. The van der Waals surface area contributed by atoms with E-state index in [0.29, 0.717) is 0 Å². The lowest BCUT2D eigenvalue weighted by molar-refractivity contribution is -0.130. The van der Waals surface area contributed by atoms with Crippen molar-refractivity contribution in [3.05, 3.63) is 29.8 Å². The molecule has 1 heterocycles. The second kappa shape index (κ2) is 5.18. The molecule has 1 saturated heterocycles. The van der Waals surface area contributed by atoms with Crippen molar-refractivity contribution in [3.8, 4) is 0 Å². The van der Waals surface area contributed by atoms with Gasteiger partial charge >= 0.3 is 0 Å². The van der Waals surface area contributed by atoms with Crippen LogP contribution in [-0.2, 0) is 9.59 Å². The Balaban J connectivity index is 2.32. The maximum absolute atomic E-state index is 11.4. The zero-order valence-electron chi connectivity index (χ0n) is 10.2. The summed E-state index contributed by atoms with van der Waals surface area (Å²) in [6.07, 6.45) is 0. The first-order chi connectivity index (χ1) is 8.61. The van der Waals surface area contributed by atoms with E-state index in [0.717, 1.165) is 11.3 Å². The molecule has 1 aromatic rings. The Morgan fingerprint density at radius 1 is 1.28 bits per heavy atom. The summed E-state index contributed by atoms with van der Waals surface area (Å²) in [7, 11) is 0. The van der Waals surface area contributed by atoms with Gasteiger partial charge in [0.25, 0.3) is 0 Å². The van der Waals surface area contributed by atoms with Crippen LogP contribution < -0.4 is 10.2 Å². The predicted molar refractivity (Wildman–Crippen MR) is 67.3 cm³/mol. The highest BCUT2D eigenvalue weighted by atomic mass is 16.3. The van der Waals surface area contributed by atoms with Crippen LogP contribution in [0.5, 0.6) is 0 Å². The Hall–Kier alpha value is -1.88. The number of nitrogens with zero attached hydrogens (tertiary/aromatic N) is 1. The van der Waals surface area contributed by atoms with Crippen LogP contribution in [0.4, 0.5) is 5.69 Å². The van der Waals surface area contributed by atoms with Crippen LogP contribution in [0.2, 0.25) is 0 Å². The fourth-order valence-corrected chi connectivity index (χ4v) is 2.10. The van der Waals surface area contributed by atoms with Gasteiger partial charge in [0, 0.05) is 18.2 Å². The van der Waals surface area contributed by atoms with Gasteiger partial charge in [0.05, 0.1) is 13.1 Å². The maximum Gasteiger partial charge on any atom is 0.246 e. The molecule has 1 unspecified atom stereocenters. The third-order valence-corrected chi connectivity index (χ3v) is 3.03. The van der Waals surface area contributed by atoms with E-state index in [1.54, 1.807) is 4.90 Å². The molecule has 0 radical (unpaired) electrons. The van der Waals surface area contributed by atoms with Crippen LogP contribution in [0.15, 0.2) is 24.3 Å². The first kappa shape index (κ1) is 12.6. The number of hydrogen-bond donors (Lipinski definition) is 2. The van der Waals surface area contributed by atoms with Crippen molar-refractivity contribution in [1.29, 1.82) is 0 Å². The molecule has 0 bridgehead atoms. The number of amides is 2. The second-order valence-corrected chi connectivity index (χ2v) is 4.47. The minimum absolute atomic E-state index is 0.0266. The predicted octanol–water partition coefficient (Wildman–Crippen LogP) is 0.245. The summed E-state index contributed by atoms with van der Waals surface area (Å²) >= 11 is 0. The van der Waals surface area contributed by atoms with Crippen LogP contribution in [0.25, 0.3) is 0 Å². The molecule has 1 aliphatic rings. The molecule has 1 fully saturated rings.